The van der Waals surface area contributed by atoms with Crippen molar-refractivity contribution >= 4 is 34.0 Å². The molecule has 0 saturated heterocycles. The van der Waals surface area contributed by atoms with Crippen LogP contribution in [0.3, 0.4) is 0 Å². The Hall–Kier alpha value is -6.51. The van der Waals surface area contributed by atoms with E-state index in [1.807, 2.05) is 0 Å². The van der Waals surface area contributed by atoms with E-state index in [4.69, 9.17) is 0 Å². The van der Waals surface area contributed by atoms with E-state index in [-0.39, 0.29) is 0 Å². The van der Waals surface area contributed by atoms with Gasteiger partial charge in [0.25, 0.3) is 0 Å². The number of hydrogen-bond acceptors (Lipinski definition) is 0. The molecule has 2 heteroatoms. The minimum Gasteiger partial charge on any atom is -0.149 e. The third-order valence-corrected chi connectivity index (χ3v) is 20.1. The highest BCUT2D eigenvalue weighted by Crippen LogP contribution is 2.34. The van der Waals surface area contributed by atoms with Crippen LogP contribution in [0.5, 0.6) is 0 Å². The zero-order valence-corrected chi connectivity index (χ0v) is 42.4. The van der Waals surface area contributed by atoms with Crippen LogP contribution in [0.25, 0.3) is 0 Å². The van der Waals surface area contributed by atoms with Crippen LogP contribution in [0.15, 0.2) is 200 Å². The molecule has 0 atom stereocenters. The molecule has 9 aromatic rings. The van der Waals surface area contributed by atoms with E-state index in [2.05, 4.69) is 242 Å². The van der Waals surface area contributed by atoms with Gasteiger partial charge >= 0.3 is 0 Å². The molecule has 0 aliphatic heterocycles. The average molecular weight is 920 g/mol. The molecule has 68 heavy (non-hydrogen) atoms. The van der Waals surface area contributed by atoms with Gasteiger partial charge in [-0.05, 0) is 196 Å². The lowest BCUT2D eigenvalue weighted by atomic mass is 9.89. The number of hydrogen-bond donors (Lipinski definition) is 0. The first-order chi connectivity index (χ1) is 33.1. The molecular formula is C66H63ClSi. The Bertz CT molecular complexity index is 2800. The number of halogens is 1. The molecule has 0 aliphatic rings. The lowest BCUT2D eigenvalue weighted by molar-refractivity contribution is 1.06. The molecule has 338 valence electrons. The van der Waals surface area contributed by atoms with Gasteiger partial charge < -0.3 is 0 Å². The van der Waals surface area contributed by atoms with E-state index in [1.165, 1.54) is 116 Å². The predicted molar refractivity (Wildman–Crippen MR) is 294 cm³/mol. The molecule has 0 spiro atoms. The largest absolute Gasteiger partial charge is 0.249 e. The Morgan fingerprint density at radius 2 is 0.426 bits per heavy atom. The Balaban J connectivity index is 1.47. The second-order valence-corrected chi connectivity index (χ2v) is 23.7. The third-order valence-electron chi connectivity index (χ3n) is 14.3. The van der Waals surface area contributed by atoms with Gasteiger partial charge in [-0.1, -0.05) is 200 Å². The van der Waals surface area contributed by atoms with Gasteiger partial charge in [-0.2, -0.15) is 0 Å². The average Bonchev–Trinajstić information content (AvgIpc) is 3.34. The molecule has 9 rings (SSSR count). The Morgan fingerprint density at radius 3 is 0.618 bits per heavy atom. The summed E-state index contributed by atoms with van der Waals surface area (Å²) < 4.78 is 0. The lowest BCUT2D eigenvalue weighted by Gasteiger charge is -2.39. The normalized spacial score (nSPS) is 11.5. The van der Waals surface area contributed by atoms with Gasteiger partial charge in [0.1, 0.15) is 0 Å². The molecule has 0 bridgehead atoms. The summed E-state index contributed by atoms with van der Waals surface area (Å²) in [5.74, 6) is 0. The Morgan fingerprint density at radius 1 is 0.250 bits per heavy atom. The van der Waals surface area contributed by atoms with Crippen molar-refractivity contribution in [1.82, 2.24) is 0 Å². The highest BCUT2D eigenvalue weighted by atomic mass is 35.6. The fraction of sp³-hybridized carbons (Fsp3) is 0.182. The van der Waals surface area contributed by atoms with E-state index < -0.39 is 7.38 Å². The molecule has 0 amide bonds. The molecule has 0 fully saturated rings. The summed E-state index contributed by atoms with van der Waals surface area (Å²) in [4.78, 5) is 0. The Kier molecular flexibility index (Phi) is 14.2. The van der Waals surface area contributed by atoms with Crippen molar-refractivity contribution < 1.29 is 0 Å². The molecule has 0 heterocycles. The molecule has 0 aromatic heterocycles. The SMILES string of the molecule is Cc1cc(C)c([Si](Cl)(c2c(C)cc(C)c(Cc3ccccc3)c2Cc2ccccc2)c2c(C)cc(C)c(Cc3ccccc3)c2Cc2ccccc2)c(Cc2ccccc2)c1Cc1ccccc1. The van der Waals surface area contributed by atoms with Crippen LogP contribution >= 0.6 is 11.1 Å². The second-order valence-electron chi connectivity index (χ2n) is 19.2. The van der Waals surface area contributed by atoms with Gasteiger partial charge in [0.2, 0.25) is 7.38 Å². The van der Waals surface area contributed by atoms with E-state index in [1.54, 1.807) is 0 Å². The van der Waals surface area contributed by atoms with E-state index in [0.717, 1.165) is 38.5 Å². The summed E-state index contributed by atoms with van der Waals surface area (Å²) in [7, 11) is -3.65. The molecule has 0 aliphatic carbocycles. The van der Waals surface area contributed by atoms with Crippen LogP contribution < -0.4 is 15.6 Å². The quantitative estimate of drug-likeness (QED) is 0.0546. The van der Waals surface area contributed by atoms with Crippen molar-refractivity contribution in [2.45, 2.75) is 80.1 Å². The zero-order valence-electron chi connectivity index (χ0n) is 40.7. The fourth-order valence-electron chi connectivity index (χ4n) is 11.3. The highest BCUT2D eigenvalue weighted by molar-refractivity contribution is 7.41. The van der Waals surface area contributed by atoms with Crippen LogP contribution in [-0.2, 0) is 38.5 Å². The summed E-state index contributed by atoms with van der Waals surface area (Å²) in [5, 5.41) is 4.04. The summed E-state index contributed by atoms with van der Waals surface area (Å²) in [5.41, 5.74) is 23.9. The number of benzene rings is 9. The minimum atomic E-state index is -3.65. The minimum absolute atomic E-state index is 0.786. The van der Waals surface area contributed by atoms with Crippen LogP contribution in [0.1, 0.15) is 100 Å². The fourth-order valence-corrected chi connectivity index (χ4v) is 18.2. The maximum Gasteiger partial charge on any atom is 0.249 e. The predicted octanol–water partition coefficient (Wildman–Crippen LogP) is 14.3. The first-order valence-electron chi connectivity index (χ1n) is 24.4. The first kappa shape index (κ1) is 46.6. The first-order valence-corrected chi connectivity index (χ1v) is 27.4. The van der Waals surface area contributed by atoms with Gasteiger partial charge in [0, 0.05) is 0 Å². The molecule has 0 nitrogen and oxygen atoms in total. The number of rotatable bonds is 15. The van der Waals surface area contributed by atoms with Crippen molar-refractivity contribution in [3.05, 3.63) is 300 Å². The highest BCUT2D eigenvalue weighted by Gasteiger charge is 2.47. The van der Waals surface area contributed by atoms with Crippen LogP contribution in [0.2, 0.25) is 0 Å². The monoisotopic (exact) mass is 918 g/mol. The standard InChI is InChI=1S/C66H63ClSi/c1-46-37-49(4)64(61(43-55-31-19-10-20-32-55)58(46)40-52-25-13-7-14-26-52)68(67,65-50(5)38-47(2)59(41-53-27-15-8-16-28-53)62(65)44-56-33-21-11-22-34-56)66-51(6)39-48(3)60(42-54-29-17-9-18-30-54)63(66)45-57-35-23-12-24-36-57/h7-39H,40-45H2,1-6H3. The maximum absolute atomic E-state index is 9.67. The van der Waals surface area contributed by atoms with Gasteiger partial charge in [-0.25, -0.2) is 0 Å². The third kappa shape index (κ3) is 9.88. The Labute approximate surface area is 412 Å². The van der Waals surface area contributed by atoms with Crippen LogP contribution in [0.4, 0.5) is 0 Å². The zero-order chi connectivity index (χ0) is 47.2. The molecule has 0 radical (unpaired) electrons. The molecule has 0 unspecified atom stereocenters. The molecular weight excluding hydrogens is 856 g/mol. The lowest BCUT2D eigenvalue weighted by Crippen LogP contribution is -2.68. The summed E-state index contributed by atoms with van der Waals surface area (Å²) in [6.07, 6.45) is 4.84. The van der Waals surface area contributed by atoms with Crippen molar-refractivity contribution in [3.8, 4) is 0 Å². The van der Waals surface area contributed by atoms with Crippen molar-refractivity contribution in [2.75, 3.05) is 0 Å². The van der Waals surface area contributed by atoms with E-state index in [9.17, 15) is 11.1 Å². The van der Waals surface area contributed by atoms with Gasteiger partial charge in [0.15, 0.2) is 0 Å². The van der Waals surface area contributed by atoms with Crippen LogP contribution in [-0.4, -0.2) is 7.38 Å². The molecule has 0 N–H and O–H groups in total. The van der Waals surface area contributed by atoms with Crippen molar-refractivity contribution in [2.24, 2.45) is 0 Å². The van der Waals surface area contributed by atoms with Gasteiger partial charge in [0.05, 0.1) is 0 Å². The summed E-state index contributed by atoms with van der Waals surface area (Å²) >= 11 is 9.67. The van der Waals surface area contributed by atoms with E-state index in [0.29, 0.717) is 0 Å². The smallest absolute Gasteiger partial charge is 0.149 e. The van der Waals surface area contributed by atoms with Crippen molar-refractivity contribution in [3.63, 3.8) is 0 Å². The summed E-state index contributed by atoms with van der Waals surface area (Å²) in [6, 6.07) is 73.9. The van der Waals surface area contributed by atoms with Gasteiger partial charge in [-0.15, -0.1) is 11.1 Å². The number of aryl methyl sites for hydroxylation is 6. The van der Waals surface area contributed by atoms with Crippen LogP contribution in [0, 0.1) is 41.5 Å². The molecule has 0 saturated carbocycles. The maximum atomic E-state index is 9.67. The topological polar surface area (TPSA) is 0 Å². The van der Waals surface area contributed by atoms with Crippen molar-refractivity contribution in [1.29, 1.82) is 0 Å². The second kappa shape index (κ2) is 20.8. The molecule has 9 aromatic carbocycles. The van der Waals surface area contributed by atoms with Gasteiger partial charge in [-0.3, -0.25) is 0 Å². The summed E-state index contributed by atoms with van der Waals surface area (Å²) in [6.45, 7) is 14.1. The van der Waals surface area contributed by atoms with E-state index >= 15 is 0 Å².